The predicted octanol–water partition coefficient (Wildman–Crippen LogP) is 11.9. The molecular weight excluding hydrogens is 623 g/mol. The second-order valence-electron chi connectivity index (χ2n) is 12.6. The summed E-state index contributed by atoms with van der Waals surface area (Å²) in [6, 6.07) is 61.7. The lowest BCUT2D eigenvalue weighted by atomic mass is 9.87. The molecule has 0 aliphatic rings. The number of nitrogens with zero attached hydrogens (tertiary/aromatic N) is 3. The number of aromatic nitrogens is 3. The summed E-state index contributed by atoms with van der Waals surface area (Å²) in [5.74, 6) is 1.75. The monoisotopic (exact) mass is 653 g/mol. The van der Waals surface area contributed by atoms with Crippen LogP contribution in [0.2, 0.25) is 0 Å². The van der Waals surface area contributed by atoms with Crippen molar-refractivity contribution in [2.24, 2.45) is 0 Å². The lowest BCUT2D eigenvalue weighted by Gasteiger charge is -2.18. The van der Waals surface area contributed by atoms with E-state index >= 15 is 0 Å². The van der Waals surface area contributed by atoms with Gasteiger partial charge in [-0.05, 0) is 61.5 Å². The third kappa shape index (κ3) is 5.59. The van der Waals surface area contributed by atoms with Gasteiger partial charge >= 0.3 is 0 Å². The molecule has 9 rings (SSSR count). The first-order valence-electron chi connectivity index (χ1n) is 17.0. The Morgan fingerprint density at radius 1 is 0.314 bits per heavy atom. The van der Waals surface area contributed by atoms with Gasteiger partial charge in [0, 0.05) is 22.3 Å². The number of phenols is 1. The highest BCUT2D eigenvalue weighted by atomic mass is 16.3. The molecule has 0 radical (unpaired) electrons. The van der Waals surface area contributed by atoms with E-state index in [0.717, 1.165) is 49.7 Å². The van der Waals surface area contributed by atoms with Gasteiger partial charge in [-0.2, -0.15) is 0 Å². The van der Waals surface area contributed by atoms with Gasteiger partial charge in [-0.3, -0.25) is 0 Å². The average Bonchev–Trinajstić information content (AvgIpc) is 3.21. The van der Waals surface area contributed by atoms with Crippen LogP contribution in [0.25, 0.3) is 89.1 Å². The van der Waals surface area contributed by atoms with Gasteiger partial charge in [-0.1, -0.05) is 170 Å². The Balaban J connectivity index is 1.27. The van der Waals surface area contributed by atoms with Crippen molar-refractivity contribution in [2.75, 3.05) is 0 Å². The summed E-state index contributed by atoms with van der Waals surface area (Å²) in [7, 11) is 0. The van der Waals surface area contributed by atoms with Crippen molar-refractivity contribution in [3.63, 3.8) is 0 Å². The van der Waals surface area contributed by atoms with Crippen molar-refractivity contribution in [1.29, 1.82) is 0 Å². The molecule has 0 amide bonds. The first-order valence-corrected chi connectivity index (χ1v) is 17.0. The zero-order valence-electron chi connectivity index (χ0n) is 27.6. The number of hydrogen-bond acceptors (Lipinski definition) is 4. The maximum absolute atomic E-state index is 11.7. The lowest BCUT2D eigenvalue weighted by molar-refractivity contribution is 0.477. The number of benzene rings is 8. The molecule has 0 spiro atoms. The summed E-state index contributed by atoms with van der Waals surface area (Å²) in [6.07, 6.45) is 0. The van der Waals surface area contributed by atoms with Crippen LogP contribution in [-0.4, -0.2) is 20.1 Å². The Hall–Kier alpha value is -6.91. The molecule has 8 aromatic carbocycles. The Bertz CT molecular complexity index is 2710. The number of hydrogen-bond donors (Lipinski definition) is 1. The molecule has 0 atom stereocenters. The SMILES string of the molecule is Oc1cccc(-c2nc(-c3ccccc3)nc(-c3ccc4ccc5ccccc5c4c3)n2)c1-c1ccccc1-c1ccccc1-c1ccccc1. The molecule has 4 nitrogen and oxygen atoms in total. The summed E-state index contributed by atoms with van der Waals surface area (Å²) in [6.45, 7) is 0. The fourth-order valence-electron chi connectivity index (χ4n) is 7.02. The van der Waals surface area contributed by atoms with Gasteiger partial charge in [-0.25, -0.2) is 15.0 Å². The topological polar surface area (TPSA) is 58.9 Å². The third-order valence-electron chi connectivity index (χ3n) is 9.45. The highest BCUT2D eigenvalue weighted by molar-refractivity contribution is 6.08. The van der Waals surface area contributed by atoms with Gasteiger partial charge < -0.3 is 5.11 Å². The van der Waals surface area contributed by atoms with Crippen LogP contribution in [-0.2, 0) is 0 Å². The molecule has 0 unspecified atom stereocenters. The van der Waals surface area contributed by atoms with Crippen LogP contribution in [0, 0.1) is 0 Å². The average molecular weight is 654 g/mol. The summed E-state index contributed by atoms with van der Waals surface area (Å²) >= 11 is 0. The van der Waals surface area contributed by atoms with Crippen LogP contribution in [0.3, 0.4) is 0 Å². The predicted molar refractivity (Wildman–Crippen MR) is 209 cm³/mol. The van der Waals surface area contributed by atoms with Gasteiger partial charge in [0.25, 0.3) is 0 Å². The number of rotatable bonds is 6. The zero-order valence-corrected chi connectivity index (χ0v) is 27.6. The fourth-order valence-corrected chi connectivity index (χ4v) is 7.02. The minimum atomic E-state index is 0.151. The molecule has 4 heteroatoms. The van der Waals surface area contributed by atoms with Crippen LogP contribution in [0.15, 0.2) is 182 Å². The summed E-state index contributed by atoms with van der Waals surface area (Å²) < 4.78 is 0. The Morgan fingerprint density at radius 2 is 0.824 bits per heavy atom. The van der Waals surface area contributed by atoms with E-state index in [1.807, 2.05) is 60.7 Å². The van der Waals surface area contributed by atoms with E-state index in [2.05, 4.69) is 115 Å². The highest BCUT2D eigenvalue weighted by Gasteiger charge is 2.21. The maximum atomic E-state index is 11.7. The summed E-state index contributed by atoms with van der Waals surface area (Å²) in [4.78, 5) is 15.3. The van der Waals surface area contributed by atoms with Gasteiger partial charge in [0.2, 0.25) is 0 Å². The normalized spacial score (nSPS) is 11.2. The molecule has 0 fully saturated rings. The molecule has 0 aliphatic carbocycles. The Morgan fingerprint density at radius 3 is 1.57 bits per heavy atom. The molecule has 0 saturated heterocycles. The molecule has 1 heterocycles. The molecule has 1 N–H and O–H groups in total. The first-order chi connectivity index (χ1) is 25.2. The van der Waals surface area contributed by atoms with Gasteiger partial charge in [0.15, 0.2) is 17.5 Å². The van der Waals surface area contributed by atoms with E-state index in [4.69, 9.17) is 15.0 Å². The maximum Gasteiger partial charge on any atom is 0.164 e. The van der Waals surface area contributed by atoms with E-state index in [1.165, 1.54) is 10.8 Å². The van der Waals surface area contributed by atoms with Crippen molar-refractivity contribution in [3.05, 3.63) is 182 Å². The van der Waals surface area contributed by atoms with E-state index in [0.29, 0.717) is 28.6 Å². The number of phenolic OH excluding ortho intramolecular Hbond substituents is 1. The summed E-state index contributed by atoms with van der Waals surface area (Å²) in [5, 5.41) is 16.3. The largest absolute Gasteiger partial charge is 0.507 e. The van der Waals surface area contributed by atoms with Crippen LogP contribution in [0.5, 0.6) is 5.75 Å². The van der Waals surface area contributed by atoms with Crippen LogP contribution < -0.4 is 0 Å². The van der Waals surface area contributed by atoms with Crippen molar-refractivity contribution < 1.29 is 5.11 Å². The fraction of sp³-hybridized carbons (Fsp3) is 0. The van der Waals surface area contributed by atoms with Crippen molar-refractivity contribution in [2.45, 2.75) is 0 Å². The van der Waals surface area contributed by atoms with Crippen molar-refractivity contribution >= 4 is 21.5 Å². The standard InChI is InChI=1S/C47H31N3O/c51-43-25-13-24-41(44(43)40-23-12-11-22-39(40)38-21-10-9-19-36(38)31-14-3-1-4-15-31)47-49-45(34-17-5-2-6-18-34)48-46(50-47)35-29-28-33-27-26-32-16-7-8-20-37(32)42(33)30-35/h1-30,51H. The van der Waals surface area contributed by atoms with Gasteiger partial charge in [-0.15, -0.1) is 0 Å². The summed E-state index contributed by atoms with van der Waals surface area (Å²) in [5.41, 5.74) is 8.33. The second kappa shape index (κ2) is 12.8. The highest BCUT2D eigenvalue weighted by Crippen LogP contribution is 2.45. The molecule has 51 heavy (non-hydrogen) atoms. The van der Waals surface area contributed by atoms with E-state index < -0.39 is 0 Å². The Labute approximate surface area is 296 Å². The zero-order chi connectivity index (χ0) is 34.1. The molecule has 9 aromatic rings. The molecule has 0 aliphatic heterocycles. The molecular formula is C47H31N3O. The number of aromatic hydroxyl groups is 1. The second-order valence-corrected chi connectivity index (χ2v) is 12.6. The molecule has 0 saturated carbocycles. The van der Waals surface area contributed by atoms with Crippen LogP contribution >= 0.6 is 0 Å². The van der Waals surface area contributed by atoms with Gasteiger partial charge in [0.05, 0.1) is 0 Å². The molecule has 1 aromatic heterocycles. The van der Waals surface area contributed by atoms with Crippen LogP contribution in [0.1, 0.15) is 0 Å². The molecule has 0 bridgehead atoms. The molecule has 240 valence electrons. The quantitative estimate of drug-likeness (QED) is 0.181. The Kier molecular flexibility index (Phi) is 7.60. The smallest absolute Gasteiger partial charge is 0.164 e. The van der Waals surface area contributed by atoms with Crippen LogP contribution in [0.4, 0.5) is 0 Å². The number of fused-ring (bicyclic) bond motifs is 3. The van der Waals surface area contributed by atoms with Gasteiger partial charge in [0.1, 0.15) is 5.75 Å². The van der Waals surface area contributed by atoms with E-state index in [1.54, 1.807) is 6.07 Å². The first kappa shape index (κ1) is 30.2. The van der Waals surface area contributed by atoms with Crippen molar-refractivity contribution in [1.82, 2.24) is 15.0 Å². The minimum absolute atomic E-state index is 0.151. The van der Waals surface area contributed by atoms with E-state index in [9.17, 15) is 5.11 Å². The minimum Gasteiger partial charge on any atom is -0.507 e. The lowest BCUT2D eigenvalue weighted by Crippen LogP contribution is -2.01. The third-order valence-corrected chi connectivity index (χ3v) is 9.45. The van der Waals surface area contributed by atoms with E-state index in [-0.39, 0.29) is 5.75 Å². The van der Waals surface area contributed by atoms with Crippen molar-refractivity contribution in [3.8, 4) is 73.3 Å².